The molecule has 0 spiro atoms. The van der Waals surface area contributed by atoms with Gasteiger partial charge in [0.05, 0.1) is 29.5 Å². The van der Waals surface area contributed by atoms with E-state index in [-0.39, 0.29) is 11.9 Å². The highest BCUT2D eigenvalue weighted by Crippen LogP contribution is 2.25. The molecule has 1 heterocycles. The molecule has 2 aromatic carbocycles. The predicted octanol–water partition coefficient (Wildman–Crippen LogP) is 4.98. The van der Waals surface area contributed by atoms with E-state index in [2.05, 4.69) is 0 Å². The maximum Gasteiger partial charge on any atom is 0.306 e. The lowest BCUT2D eigenvalue weighted by molar-refractivity contribution is -0.154. The zero-order chi connectivity index (χ0) is 24.0. The van der Waals surface area contributed by atoms with E-state index in [1.54, 1.807) is 25.2 Å². The van der Waals surface area contributed by atoms with Gasteiger partial charge in [-0.2, -0.15) is 0 Å². The van der Waals surface area contributed by atoms with Crippen LogP contribution in [0, 0.1) is 0 Å². The van der Waals surface area contributed by atoms with Crippen LogP contribution in [-0.4, -0.2) is 46.7 Å². The Kier molecular flexibility index (Phi) is 7.76. The summed E-state index contributed by atoms with van der Waals surface area (Å²) in [7, 11) is 3.01. The lowest BCUT2D eigenvalue weighted by atomic mass is 10.0. The van der Waals surface area contributed by atoms with Gasteiger partial charge in [-0.1, -0.05) is 30.3 Å². The Bertz CT molecular complexity index is 1120. The van der Waals surface area contributed by atoms with Crippen molar-refractivity contribution in [2.75, 3.05) is 14.2 Å². The zero-order valence-corrected chi connectivity index (χ0v) is 19.9. The summed E-state index contributed by atoms with van der Waals surface area (Å²) in [5.41, 5.74) is 3.98. The van der Waals surface area contributed by atoms with E-state index in [0.29, 0.717) is 35.9 Å². The molecule has 174 valence electrons. The van der Waals surface area contributed by atoms with Crippen molar-refractivity contribution in [2.45, 2.75) is 52.1 Å². The molecule has 7 nitrogen and oxygen atoms in total. The van der Waals surface area contributed by atoms with Crippen molar-refractivity contribution in [1.29, 1.82) is 0 Å². The highest BCUT2D eigenvalue weighted by atomic mass is 16.7. The van der Waals surface area contributed by atoms with Crippen molar-refractivity contribution in [1.82, 2.24) is 15.0 Å². The first-order chi connectivity index (χ1) is 15.7. The van der Waals surface area contributed by atoms with E-state index in [9.17, 15) is 9.59 Å². The minimum atomic E-state index is -0.479. The molecule has 3 aromatic rings. The predicted molar refractivity (Wildman–Crippen MR) is 127 cm³/mol. The lowest BCUT2D eigenvalue weighted by Gasteiger charge is -2.19. The van der Waals surface area contributed by atoms with Crippen LogP contribution in [0.4, 0.5) is 0 Å². The molecule has 0 saturated carbocycles. The number of hydroxylamine groups is 2. The van der Waals surface area contributed by atoms with Crippen molar-refractivity contribution in [3.8, 4) is 11.3 Å². The Labute approximate surface area is 194 Å². The summed E-state index contributed by atoms with van der Waals surface area (Å²) in [6.07, 6.45) is 2.48. The van der Waals surface area contributed by atoms with E-state index in [0.717, 1.165) is 23.4 Å². The first-order valence-electron chi connectivity index (χ1n) is 11.1. The molecule has 33 heavy (non-hydrogen) atoms. The second kappa shape index (κ2) is 10.5. The van der Waals surface area contributed by atoms with Crippen LogP contribution in [0.3, 0.4) is 0 Å². The molecular formula is C26H31N3O4. The van der Waals surface area contributed by atoms with E-state index in [4.69, 9.17) is 19.5 Å². The largest absolute Gasteiger partial charge is 0.460 e. The Hall–Kier alpha value is -3.32. The summed E-state index contributed by atoms with van der Waals surface area (Å²) < 4.78 is 5.39. The molecule has 0 aliphatic rings. The number of carbonyl (C=O) groups excluding carboxylic acids is 2. The highest BCUT2D eigenvalue weighted by molar-refractivity contribution is 5.96. The molecule has 0 fully saturated rings. The normalized spacial score (nSPS) is 11.4. The number of esters is 1. The van der Waals surface area contributed by atoms with E-state index >= 15 is 0 Å². The minimum Gasteiger partial charge on any atom is -0.460 e. The van der Waals surface area contributed by atoms with Crippen LogP contribution in [0.25, 0.3) is 22.3 Å². The van der Waals surface area contributed by atoms with Crippen LogP contribution in [-0.2, 0) is 20.8 Å². The molecule has 0 unspecified atom stereocenters. The number of ether oxygens (including phenoxy) is 1. The monoisotopic (exact) mass is 449 g/mol. The molecular weight excluding hydrogens is 418 g/mol. The van der Waals surface area contributed by atoms with Crippen molar-refractivity contribution in [3.05, 3.63) is 59.8 Å². The summed E-state index contributed by atoms with van der Waals surface area (Å²) in [5.74, 6) is -0.451. The van der Waals surface area contributed by atoms with Crippen LogP contribution >= 0.6 is 0 Å². The van der Waals surface area contributed by atoms with E-state index < -0.39 is 5.60 Å². The number of nitrogens with zero attached hydrogens (tertiary/aromatic N) is 3. The van der Waals surface area contributed by atoms with Crippen LogP contribution in [0.1, 0.15) is 56.1 Å². The van der Waals surface area contributed by atoms with Crippen molar-refractivity contribution in [3.63, 3.8) is 0 Å². The number of fused-ring (bicyclic) bond motifs is 1. The molecule has 3 rings (SSSR count). The fourth-order valence-corrected chi connectivity index (χ4v) is 3.44. The molecule has 7 heteroatoms. The molecule has 0 aliphatic heterocycles. The standard InChI is InChI=1S/C26H31N3O4/c1-26(2,3)33-23(30)14-10-9-13-21-24(18-11-7-6-8-12-18)28-20-16-15-19(17-22(20)27-21)25(31)29(4)32-5/h6-8,11-12,15-17H,9-10,13-14H2,1-5H3. The fraction of sp³-hybridized carbons (Fsp3) is 0.385. The van der Waals surface area contributed by atoms with Gasteiger partial charge < -0.3 is 4.74 Å². The van der Waals surface area contributed by atoms with Gasteiger partial charge in [0, 0.05) is 24.6 Å². The van der Waals surface area contributed by atoms with Gasteiger partial charge >= 0.3 is 5.97 Å². The average molecular weight is 450 g/mol. The Balaban J connectivity index is 1.86. The number of aryl methyl sites for hydroxylation is 1. The van der Waals surface area contributed by atoms with Gasteiger partial charge in [0.1, 0.15) is 5.60 Å². The number of rotatable bonds is 8. The summed E-state index contributed by atoms with van der Waals surface area (Å²) in [6.45, 7) is 5.60. The van der Waals surface area contributed by atoms with Gasteiger partial charge in [0.2, 0.25) is 0 Å². The Morgan fingerprint density at radius 3 is 2.36 bits per heavy atom. The topological polar surface area (TPSA) is 81.6 Å². The summed E-state index contributed by atoms with van der Waals surface area (Å²) >= 11 is 0. The van der Waals surface area contributed by atoms with E-state index in [1.807, 2.05) is 51.1 Å². The SMILES string of the molecule is CON(C)C(=O)c1ccc2nc(-c3ccccc3)c(CCCCC(=O)OC(C)(C)C)nc2c1. The number of aromatic nitrogens is 2. The molecule has 0 aliphatic carbocycles. The van der Waals surface area contributed by atoms with Gasteiger partial charge in [0.25, 0.3) is 5.91 Å². The van der Waals surface area contributed by atoms with Crippen molar-refractivity contribution < 1.29 is 19.2 Å². The molecule has 1 amide bonds. The molecule has 0 saturated heterocycles. The third-order valence-corrected chi connectivity index (χ3v) is 5.05. The number of amides is 1. The van der Waals surface area contributed by atoms with Crippen molar-refractivity contribution in [2.24, 2.45) is 0 Å². The second-order valence-corrected chi connectivity index (χ2v) is 8.87. The van der Waals surface area contributed by atoms with Crippen LogP contribution in [0.5, 0.6) is 0 Å². The molecule has 0 radical (unpaired) electrons. The summed E-state index contributed by atoms with van der Waals surface area (Å²) in [5, 5.41) is 1.17. The number of unbranched alkanes of at least 4 members (excludes halogenated alkanes) is 1. The fourth-order valence-electron chi connectivity index (χ4n) is 3.44. The van der Waals surface area contributed by atoms with Gasteiger partial charge in [0.15, 0.2) is 0 Å². The molecule has 0 bridgehead atoms. The first kappa shape index (κ1) is 24.3. The summed E-state index contributed by atoms with van der Waals surface area (Å²) in [6, 6.07) is 15.2. The van der Waals surface area contributed by atoms with Crippen LogP contribution in [0.2, 0.25) is 0 Å². The third-order valence-electron chi connectivity index (χ3n) is 5.05. The van der Waals surface area contributed by atoms with E-state index in [1.165, 1.54) is 12.2 Å². The molecule has 0 N–H and O–H groups in total. The minimum absolute atomic E-state index is 0.194. The second-order valence-electron chi connectivity index (χ2n) is 8.87. The number of hydrogen-bond acceptors (Lipinski definition) is 6. The van der Waals surface area contributed by atoms with Gasteiger partial charge in [-0.25, -0.2) is 15.0 Å². The number of benzene rings is 2. The highest BCUT2D eigenvalue weighted by Gasteiger charge is 2.17. The average Bonchev–Trinajstić information content (AvgIpc) is 2.79. The summed E-state index contributed by atoms with van der Waals surface area (Å²) in [4.78, 5) is 39.2. The van der Waals surface area contributed by atoms with Crippen molar-refractivity contribution >= 4 is 22.9 Å². The molecule has 0 atom stereocenters. The Morgan fingerprint density at radius 2 is 1.70 bits per heavy atom. The van der Waals surface area contributed by atoms with Crippen LogP contribution in [0.15, 0.2) is 48.5 Å². The maximum atomic E-state index is 12.5. The maximum absolute atomic E-state index is 12.5. The Morgan fingerprint density at radius 1 is 0.970 bits per heavy atom. The van der Waals surface area contributed by atoms with Gasteiger partial charge in [-0.05, 0) is 58.2 Å². The quantitative estimate of drug-likeness (QED) is 0.274. The molecule has 1 aromatic heterocycles. The first-order valence-corrected chi connectivity index (χ1v) is 11.1. The zero-order valence-electron chi connectivity index (χ0n) is 19.9. The van der Waals surface area contributed by atoms with Gasteiger partial charge in [-0.3, -0.25) is 14.4 Å². The lowest BCUT2D eigenvalue weighted by Crippen LogP contribution is -2.25. The van der Waals surface area contributed by atoms with Crippen LogP contribution < -0.4 is 0 Å². The number of carbonyl (C=O) groups is 2. The number of hydrogen-bond donors (Lipinski definition) is 0. The third kappa shape index (κ3) is 6.58. The smallest absolute Gasteiger partial charge is 0.306 e. The van der Waals surface area contributed by atoms with Gasteiger partial charge in [-0.15, -0.1) is 0 Å².